The van der Waals surface area contributed by atoms with Gasteiger partial charge in [0.2, 0.25) is 0 Å². The lowest BCUT2D eigenvalue weighted by atomic mass is 10.1. The minimum absolute atomic E-state index is 0. The van der Waals surface area contributed by atoms with Crippen molar-refractivity contribution in [2.45, 2.75) is 13.0 Å². The molecule has 0 aromatic heterocycles. The molecule has 0 bridgehead atoms. The Hall–Kier alpha value is -1.88. The molecule has 5 heteroatoms. The van der Waals surface area contributed by atoms with Gasteiger partial charge < -0.3 is 10.5 Å². The Labute approximate surface area is 150 Å². The monoisotopic (exact) mass is 348 g/mol. The van der Waals surface area contributed by atoms with E-state index in [9.17, 15) is 4.79 Å². The third-order valence-corrected chi connectivity index (χ3v) is 3.76. The first-order valence-corrected chi connectivity index (χ1v) is 7.86. The van der Waals surface area contributed by atoms with Gasteiger partial charge in [0, 0.05) is 26.2 Å². The number of hydrogen-bond donors (Lipinski definition) is 1. The molecule has 0 saturated heterocycles. The van der Waals surface area contributed by atoms with E-state index in [4.69, 9.17) is 10.5 Å². The Balaban J connectivity index is 0.00000288. The number of nitrogens with zero attached hydrogens (tertiary/aromatic N) is 1. The van der Waals surface area contributed by atoms with E-state index in [1.807, 2.05) is 24.3 Å². The van der Waals surface area contributed by atoms with Gasteiger partial charge in [-0.1, -0.05) is 42.5 Å². The number of benzene rings is 2. The van der Waals surface area contributed by atoms with Crippen molar-refractivity contribution in [3.8, 4) is 0 Å². The van der Waals surface area contributed by atoms with E-state index >= 15 is 0 Å². The van der Waals surface area contributed by atoms with Gasteiger partial charge in [-0.2, -0.15) is 0 Å². The summed E-state index contributed by atoms with van der Waals surface area (Å²) in [5.41, 5.74) is 8.73. The van der Waals surface area contributed by atoms with Crippen molar-refractivity contribution >= 4 is 18.4 Å². The van der Waals surface area contributed by atoms with Crippen molar-refractivity contribution in [2.24, 2.45) is 5.73 Å². The third kappa shape index (κ3) is 6.32. The highest BCUT2D eigenvalue weighted by Gasteiger charge is 2.09. The van der Waals surface area contributed by atoms with Crippen molar-refractivity contribution in [1.82, 2.24) is 4.90 Å². The Morgan fingerprint density at radius 3 is 2.42 bits per heavy atom. The van der Waals surface area contributed by atoms with Gasteiger partial charge in [-0.15, -0.1) is 12.4 Å². The van der Waals surface area contributed by atoms with E-state index < -0.39 is 0 Å². The first-order valence-electron chi connectivity index (χ1n) is 7.86. The molecule has 0 spiro atoms. The van der Waals surface area contributed by atoms with Crippen LogP contribution in [0.25, 0.3) is 0 Å². The van der Waals surface area contributed by atoms with Crippen LogP contribution in [0.1, 0.15) is 21.5 Å². The van der Waals surface area contributed by atoms with E-state index in [1.54, 1.807) is 6.07 Å². The fourth-order valence-electron chi connectivity index (χ4n) is 2.56. The maximum absolute atomic E-state index is 11.6. The highest BCUT2D eigenvalue weighted by atomic mass is 35.5. The van der Waals surface area contributed by atoms with Gasteiger partial charge in [0.25, 0.3) is 0 Å². The smallest absolute Gasteiger partial charge is 0.337 e. The summed E-state index contributed by atoms with van der Waals surface area (Å²) in [6, 6.07) is 18.0. The second-order valence-corrected chi connectivity index (χ2v) is 5.49. The fourth-order valence-corrected chi connectivity index (χ4v) is 2.56. The van der Waals surface area contributed by atoms with Gasteiger partial charge in [0.15, 0.2) is 0 Å². The van der Waals surface area contributed by atoms with Gasteiger partial charge in [0.1, 0.15) is 0 Å². The molecule has 0 radical (unpaired) electrons. The Morgan fingerprint density at radius 1 is 1.04 bits per heavy atom. The zero-order chi connectivity index (χ0) is 16.5. The summed E-state index contributed by atoms with van der Waals surface area (Å²) >= 11 is 0. The number of hydrogen-bond acceptors (Lipinski definition) is 4. The van der Waals surface area contributed by atoms with E-state index in [0.29, 0.717) is 12.1 Å². The summed E-state index contributed by atoms with van der Waals surface area (Å²) in [4.78, 5) is 13.9. The van der Waals surface area contributed by atoms with Crippen molar-refractivity contribution in [2.75, 3.05) is 26.7 Å². The van der Waals surface area contributed by atoms with Crippen LogP contribution < -0.4 is 5.73 Å². The van der Waals surface area contributed by atoms with E-state index in [0.717, 1.165) is 31.6 Å². The van der Waals surface area contributed by atoms with Crippen LogP contribution in [0.15, 0.2) is 54.6 Å². The molecule has 0 unspecified atom stereocenters. The lowest BCUT2D eigenvalue weighted by molar-refractivity contribution is 0.0600. The molecule has 0 aliphatic rings. The van der Waals surface area contributed by atoms with Gasteiger partial charge in [-0.3, -0.25) is 4.90 Å². The number of carbonyl (C=O) groups is 1. The summed E-state index contributed by atoms with van der Waals surface area (Å²) in [7, 11) is 1.40. The zero-order valence-electron chi connectivity index (χ0n) is 14.0. The van der Waals surface area contributed by atoms with Gasteiger partial charge in [-0.25, -0.2) is 4.79 Å². The maximum Gasteiger partial charge on any atom is 0.337 e. The van der Waals surface area contributed by atoms with Crippen LogP contribution in [0.2, 0.25) is 0 Å². The number of halogens is 1. The quantitative estimate of drug-likeness (QED) is 0.745. The predicted molar refractivity (Wildman–Crippen MR) is 99.5 cm³/mol. The standard InChI is InChI=1S/C19H24N2O2.ClH/c1-23-19(22)18-9-5-8-17(14-18)15-21(13-11-20)12-10-16-6-3-2-4-7-16;/h2-9,14H,10-13,15,20H2,1H3;1H. The fraction of sp³-hybridized carbons (Fsp3) is 0.316. The number of esters is 1. The molecule has 130 valence electrons. The molecule has 24 heavy (non-hydrogen) atoms. The molecule has 0 aliphatic carbocycles. The topological polar surface area (TPSA) is 55.6 Å². The molecule has 0 heterocycles. The second kappa shape index (κ2) is 10.8. The van der Waals surface area contributed by atoms with Crippen molar-refractivity contribution in [1.29, 1.82) is 0 Å². The first kappa shape index (κ1) is 20.2. The second-order valence-electron chi connectivity index (χ2n) is 5.49. The average molecular weight is 349 g/mol. The summed E-state index contributed by atoms with van der Waals surface area (Å²) in [5, 5.41) is 0. The Kier molecular flexibility index (Phi) is 9.08. The van der Waals surface area contributed by atoms with Crippen molar-refractivity contribution in [3.05, 3.63) is 71.3 Å². The number of nitrogens with two attached hydrogens (primary N) is 1. The molecule has 2 aromatic rings. The largest absolute Gasteiger partial charge is 0.465 e. The summed E-state index contributed by atoms with van der Waals surface area (Å²) < 4.78 is 4.78. The first-order chi connectivity index (χ1) is 11.2. The van der Waals surface area contributed by atoms with E-state index in [1.165, 1.54) is 12.7 Å². The van der Waals surface area contributed by atoms with Crippen LogP contribution in [0, 0.1) is 0 Å². The number of carbonyl (C=O) groups excluding carboxylic acids is 1. The van der Waals surface area contributed by atoms with Crippen LogP contribution in [0.5, 0.6) is 0 Å². The highest BCUT2D eigenvalue weighted by Crippen LogP contribution is 2.10. The van der Waals surface area contributed by atoms with E-state index in [2.05, 4.69) is 29.2 Å². The SMILES string of the molecule is COC(=O)c1cccc(CN(CCN)CCc2ccccc2)c1.Cl. The normalized spacial score (nSPS) is 10.3. The lowest BCUT2D eigenvalue weighted by Crippen LogP contribution is -2.31. The summed E-state index contributed by atoms with van der Waals surface area (Å²) in [6.45, 7) is 3.15. The molecule has 2 aromatic carbocycles. The van der Waals surface area contributed by atoms with Crippen LogP contribution in [0.3, 0.4) is 0 Å². The van der Waals surface area contributed by atoms with Crippen LogP contribution >= 0.6 is 12.4 Å². The minimum atomic E-state index is -0.304. The molecule has 0 amide bonds. The molecule has 0 aliphatic heterocycles. The zero-order valence-corrected chi connectivity index (χ0v) is 14.8. The van der Waals surface area contributed by atoms with Crippen molar-refractivity contribution < 1.29 is 9.53 Å². The molecule has 4 nitrogen and oxygen atoms in total. The van der Waals surface area contributed by atoms with Crippen LogP contribution in [0.4, 0.5) is 0 Å². The van der Waals surface area contributed by atoms with Crippen LogP contribution in [-0.2, 0) is 17.7 Å². The average Bonchev–Trinajstić information content (AvgIpc) is 2.60. The number of rotatable bonds is 8. The van der Waals surface area contributed by atoms with Crippen LogP contribution in [-0.4, -0.2) is 37.6 Å². The van der Waals surface area contributed by atoms with Gasteiger partial charge in [-0.05, 0) is 29.7 Å². The van der Waals surface area contributed by atoms with E-state index in [-0.39, 0.29) is 18.4 Å². The molecule has 0 fully saturated rings. The number of methoxy groups -OCH3 is 1. The molecule has 2 N–H and O–H groups in total. The van der Waals surface area contributed by atoms with Crippen molar-refractivity contribution in [3.63, 3.8) is 0 Å². The molecule has 0 atom stereocenters. The third-order valence-electron chi connectivity index (χ3n) is 3.76. The molecule has 2 rings (SSSR count). The molecular formula is C19H25ClN2O2. The lowest BCUT2D eigenvalue weighted by Gasteiger charge is -2.22. The predicted octanol–water partition coefficient (Wildman–Crippen LogP) is 2.90. The highest BCUT2D eigenvalue weighted by molar-refractivity contribution is 5.89. The Bertz CT molecular complexity index is 620. The summed E-state index contributed by atoms with van der Waals surface area (Å²) in [5.74, 6) is -0.304. The molecular weight excluding hydrogens is 324 g/mol. The minimum Gasteiger partial charge on any atom is -0.465 e. The molecule has 0 saturated carbocycles. The number of ether oxygens (including phenoxy) is 1. The maximum atomic E-state index is 11.6. The summed E-state index contributed by atoms with van der Waals surface area (Å²) in [6.07, 6.45) is 0.984. The van der Waals surface area contributed by atoms with Gasteiger partial charge in [0.05, 0.1) is 12.7 Å². The van der Waals surface area contributed by atoms with Gasteiger partial charge >= 0.3 is 5.97 Å². The Morgan fingerprint density at radius 2 is 1.75 bits per heavy atom.